The van der Waals surface area contributed by atoms with Gasteiger partial charge in [-0.2, -0.15) is 0 Å². The van der Waals surface area contributed by atoms with Crippen molar-refractivity contribution in [1.29, 1.82) is 0 Å². The van der Waals surface area contributed by atoms with Crippen LogP contribution in [0.15, 0.2) is 51.8 Å². The number of carbonyl (C=O) groups is 1. The lowest BCUT2D eigenvalue weighted by atomic mass is 10.2. The molecule has 0 saturated heterocycles. The summed E-state index contributed by atoms with van der Waals surface area (Å²) in [5.74, 6) is -0.403. The van der Waals surface area contributed by atoms with Crippen molar-refractivity contribution in [2.45, 2.75) is 4.90 Å². The van der Waals surface area contributed by atoms with Crippen LogP contribution < -0.4 is 5.32 Å². The zero-order valence-electron chi connectivity index (χ0n) is 14.7. The zero-order chi connectivity index (χ0) is 20.5. The summed E-state index contributed by atoms with van der Waals surface area (Å²) in [7, 11) is -0.720. The van der Waals surface area contributed by atoms with Crippen molar-refractivity contribution in [3.8, 4) is 11.5 Å². The molecule has 0 atom stereocenters. The number of halogens is 2. The highest BCUT2D eigenvalue weighted by atomic mass is 35.5. The van der Waals surface area contributed by atoms with Gasteiger partial charge in [-0.3, -0.25) is 10.1 Å². The molecule has 28 heavy (non-hydrogen) atoms. The van der Waals surface area contributed by atoms with Gasteiger partial charge in [0.1, 0.15) is 0 Å². The molecule has 1 N–H and O–H groups in total. The first kappa shape index (κ1) is 20.3. The van der Waals surface area contributed by atoms with Crippen LogP contribution in [0.3, 0.4) is 0 Å². The van der Waals surface area contributed by atoms with Crippen LogP contribution in [0.2, 0.25) is 10.0 Å². The van der Waals surface area contributed by atoms with E-state index in [9.17, 15) is 13.2 Å². The van der Waals surface area contributed by atoms with E-state index in [2.05, 4.69) is 15.5 Å². The third-order valence-corrected chi connectivity index (χ3v) is 5.92. The van der Waals surface area contributed by atoms with E-state index in [-0.39, 0.29) is 22.4 Å². The van der Waals surface area contributed by atoms with E-state index in [4.69, 9.17) is 27.6 Å². The predicted octanol–water partition coefficient (Wildman–Crippen LogP) is 3.55. The van der Waals surface area contributed by atoms with Crippen LogP contribution in [0.5, 0.6) is 0 Å². The molecule has 0 unspecified atom stereocenters. The average Bonchev–Trinajstić information content (AvgIpc) is 3.09. The fourth-order valence-corrected chi connectivity index (χ4v) is 3.65. The number of nitrogens with one attached hydrogen (secondary N) is 1. The number of hydrogen-bond acceptors (Lipinski definition) is 6. The van der Waals surface area contributed by atoms with Crippen molar-refractivity contribution in [2.24, 2.45) is 0 Å². The monoisotopic (exact) mass is 440 g/mol. The van der Waals surface area contributed by atoms with E-state index in [1.807, 2.05) is 0 Å². The van der Waals surface area contributed by atoms with Crippen molar-refractivity contribution in [3.05, 3.63) is 58.1 Å². The Morgan fingerprint density at radius 3 is 2.21 bits per heavy atom. The maximum atomic E-state index is 12.3. The molecule has 0 aliphatic rings. The number of amides is 1. The van der Waals surface area contributed by atoms with Crippen LogP contribution in [0.1, 0.15) is 10.4 Å². The number of rotatable bonds is 5. The maximum absolute atomic E-state index is 12.3. The highest BCUT2D eigenvalue weighted by molar-refractivity contribution is 7.89. The lowest BCUT2D eigenvalue weighted by molar-refractivity contribution is 0.102. The Labute approximate surface area is 171 Å². The van der Waals surface area contributed by atoms with Crippen LogP contribution >= 0.6 is 23.2 Å². The summed E-state index contributed by atoms with van der Waals surface area (Å²) >= 11 is 11.9. The molecule has 3 rings (SSSR count). The SMILES string of the molecule is CN(C)S(=O)(=O)c1ccc(C(=O)Nc2nnc(-c3cc(Cl)cc(Cl)c3)o2)cc1. The summed E-state index contributed by atoms with van der Waals surface area (Å²) in [6.45, 7) is 0. The van der Waals surface area contributed by atoms with Crippen molar-refractivity contribution in [3.63, 3.8) is 0 Å². The molecular weight excluding hydrogens is 427 g/mol. The van der Waals surface area contributed by atoms with Gasteiger partial charge < -0.3 is 4.42 Å². The van der Waals surface area contributed by atoms with Gasteiger partial charge in [-0.15, -0.1) is 5.10 Å². The lowest BCUT2D eigenvalue weighted by Gasteiger charge is -2.11. The zero-order valence-corrected chi connectivity index (χ0v) is 17.0. The first-order chi connectivity index (χ1) is 13.2. The second-order valence-electron chi connectivity index (χ2n) is 5.84. The van der Waals surface area contributed by atoms with Crippen molar-refractivity contribution >= 4 is 45.1 Å². The third kappa shape index (κ3) is 4.33. The molecule has 0 bridgehead atoms. The summed E-state index contributed by atoms with van der Waals surface area (Å²) in [6, 6.07) is 10.1. The van der Waals surface area contributed by atoms with Crippen LogP contribution in [-0.2, 0) is 10.0 Å². The Bertz CT molecular complexity index is 1110. The standard InChI is InChI=1S/C17H14Cl2N4O4S/c1-23(2)28(25,26)14-5-3-10(4-6-14)15(24)20-17-22-21-16(27-17)11-7-12(18)9-13(19)8-11/h3-9H,1-2H3,(H,20,22,24). The smallest absolute Gasteiger partial charge is 0.322 e. The van der Waals surface area contributed by atoms with E-state index in [1.165, 1.54) is 38.4 Å². The molecule has 0 saturated carbocycles. The largest absolute Gasteiger partial charge is 0.403 e. The Balaban J connectivity index is 1.76. The summed E-state index contributed by atoms with van der Waals surface area (Å²) in [4.78, 5) is 12.4. The van der Waals surface area contributed by atoms with Crippen LogP contribution in [0.4, 0.5) is 6.01 Å². The molecule has 0 spiro atoms. The minimum absolute atomic E-state index is 0.0759. The summed E-state index contributed by atoms with van der Waals surface area (Å²) in [5, 5.41) is 10.9. The normalized spacial score (nSPS) is 11.6. The summed E-state index contributed by atoms with van der Waals surface area (Å²) < 4.78 is 30.6. The van der Waals surface area contributed by atoms with Crippen LogP contribution in [0.25, 0.3) is 11.5 Å². The van der Waals surface area contributed by atoms with Gasteiger partial charge >= 0.3 is 6.01 Å². The van der Waals surface area contributed by atoms with Crippen molar-refractivity contribution in [2.75, 3.05) is 19.4 Å². The Kier molecular flexibility index (Phi) is 5.71. The van der Waals surface area contributed by atoms with Crippen LogP contribution in [0, 0.1) is 0 Å². The van der Waals surface area contributed by atoms with Gasteiger partial charge in [0, 0.05) is 35.3 Å². The fraction of sp³-hybridized carbons (Fsp3) is 0.118. The second kappa shape index (κ2) is 7.88. The van der Waals surface area contributed by atoms with E-state index >= 15 is 0 Å². The van der Waals surface area contributed by atoms with Gasteiger partial charge in [0.05, 0.1) is 4.90 Å². The topological polar surface area (TPSA) is 105 Å². The molecule has 0 aliphatic heterocycles. The molecule has 2 aromatic carbocycles. The van der Waals surface area contributed by atoms with E-state index < -0.39 is 15.9 Å². The Morgan fingerprint density at radius 2 is 1.64 bits per heavy atom. The van der Waals surface area contributed by atoms with Gasteiger partial charge in [0.15, 0.2) is 0 Å². The fourth-order valence-electron chi connectivity index (χ4n) is 2.23. The molecule has 11 heteroatoms. The minimum atomic E-state index is -3.57. The number of anilines is 1. The van der Waals surface area contributed by atoms with Crippen LogP contribution in [-0.4, -0.2) is 42.9 Å². The van der Waals surface area contributed by atoms with E-state index in [1.54, 1.807) is 18.2 Å². The maximum Gasteiger partial charge on any atom is 0.322 e. The Hall–Kier alpha value is -2.46. The molecule has 3 aromatic rings. The van der Waals surface area contributed by atoms with Gasteiger partial charge in [0.25, 0.3) is 5.91 Å². The number of aromatic nitrogens is 2. The molecule has 146 valence electrons. The number of nitrogens with zero attached hydrogens (tertiary/aromatic N) is 3. The summed E-state index contributed by atoms with van der Waals surface area (Å²) in [6.07, 6.45) is 0. The number of hydrogen-bond donors (Lipinski definition) is 1. The molecule has 1 amide bonds. The minimum Gasteiger partial charge on any atom is -0.403 e. The highest BCUT2D eigenvalue weighted by Crippen LogP contribution is 2.27. The first-order valence-corrected chi connectivity index (χ1v) is 10.0. The van der Waals surface area contributed by atoms with Gasteiger partial charge in [-0.1, -0.05) is 28.3 Å². The number of benzene rings is 2. The highest BCUT2D eigenvalue weighted by Gasteiger charge is 2.18. The molecule has 0 fully saturated rings. The molecular formula is C17H14Cl2N4O4S. The average molecular weight is 441 g/mol. The molecule has 0 radical (unpaired) electrons. The molecule has 8 nitrogen and oxygen atoms in total. The van der Waals surface area contributed by atoms with E-state index in [0.29, 0.717) is 15.6 Å². The van der Waals surface area contributed by atoms with E-state index in [0.717, 1.165) is 4.31 Å². The summed E-state index contributed by atoms with van der Waals surface area (Å²) in [5.41, 5.74) is 0.729. The number of sulfonamides is 1. The quantitative estimate of drug-likeness (QED) is 0.649. The first-order valence-electron chi connectivity index (χ1n) is 7.81. The second-order valence-corrected chi connectivity index (χ2v) is 8.86. The van der Waals surface area contributed by atoms with Gasteiger partial charge in [-0.05, 0) is 42.5 Å². The van der Waals surface area contributed by atoms with Gasteiger partial charge in [-0.25, -0.2) is 12.7 Å². The van der Waals surface area contributed by atoms with Crippen molar-refractivity contribution < 1.29 is 17.6 Å². The lowest BCUT2D eigenvalue weighted by Crippen LogP contribution is -2.22. The van der Waals surface area contributed by atoms with Gasteiger partial charge in [0.2, 0.25) is 15.9 Å². The van der Waals surface area contributed by atoms with Crippen molar-refractivity contribution in [1.82, 2.24) is 14.5 Å². The third-order valence-electron chi connectivity index (χ3n) is 3.65. The molecule has 1 heterocycles. The predicted molar refractivity (Wildman–Crippen MR) is 105 cm³/mol. The molecule has 0 aliphatic carbocycles. The Morgan fingerprint density at radius 1 is 1.04 bits per heavy atom. The number of carbonyl (C=O) groups excluding carboxylic acids is 1. The molecule has 1 aromatic heterocycles.